The highest BCUT2D eigenvalue weighted by Gasteiger charge is 2.01. The minimum atomic E-state index is 0.505. The van der Waals surface area contributed by atoms with E-state index in [2.05, 4.69) is 31.3 Å². The third-order valence-electron chi connectivity index (χ3n) is 4.20. The Labute approximate surface area is 173 Å². The summed E-state index contributed by atoms with van der Waals surface area (Å²) in [5.41, 5.74) is 2.23. The summed E-state index contributed by atoms with van der Waals surface area (Å²) in [4.78, 5) is 0. The van der Waals surface area contributed by atoms with E-state index < -0.39 is 0 Å². The first-order valence-corrected chi connectivity index (χ1v) is 10.1. The summed E-state index contributed by atoms with van der Waals surface area (Å²) in [5, 5.41) is 3.43. The van der Waals surface area contributed by atoms with Crippen molar-refractivity contribution in [3.8, 4) is 17.2 Å². The minimum Gasteiger partial charge on any atom is -0.493 e. The molecule has 0 aromatic heterocycles. The Morgan fingerprint density at radius 1 is 0.690 bits per heavy atom. The SMILES string of the molecule is CC(C)COc1cccc(CNc2ccc(OCCOc3ccccc3)cc2)c1. The maximum Gasteiger partial charge on any atom is 0.122 e. The van der Waals surface area contributed by atoms with Crippen LogP contribution in [0.5, 0.6) is 17.2 Å². The Bertz CT molecular complexity index is 847. The van der Waals surface area contributed by atoms with Crippen molar-refractivity contribution in [2.45, 2.75) is 20.4 Å². The van der Waals surface area contributed by atoms with Crippen LogP contribution in [0.4, 0.5) is 5.69 Å². The molecule has 4 nitrogen and oxygen atoms in total. The van der Waals surface area contributed by atoms with Gasteiger partial charge in [-0.05, 0) is 60.0 Å². The van der Waals surface area contributed by atoms with Gasteiger partial charge >= 0.3 is 0 Å². The quantitative estimate of drug-likeness (QED) is 0.420. The highest BCUT2D eigenvalue weighted by molar-refractivity contribution is 5.47. The van der Waals surface area contributed by atoms with Gasteiger partial charge in [-0.2, -0.15) is 0 Å². The standard InChI is InChI=1S/C25H29NO3/c1-20(2)19-29-25-10-6-7-21(17-25)18-26-22-11-13-24(14-12-22)28-16-15-27-23-8-4-3-5-9-23/h3-14,17,20,26H,15-16,18-19H2,1-2H3. The fourth-order valence-electron chi connectivity index (χ4n) is 2.72. The summed E-state index contributed by atoms with van der Waals surface area (Å²) in [5.74, 6) is 3.12. The Kier molecular flexibility index (Phi) is 7.81. The first-order valence-electron chi connectivity index (χ1n) is 10.1. The van der Waals surface area contributed by atoms with Crippen LogP contribution in [0.1, 0.15) is 19.4 Å². The average molecular weight is 392 g/mol. The van der Waals surface area contributed by atoms with Crippen LogP contribution in [-0.2, 0) is 6.54 Å². The monoisotopic (exact) mass is 391 g/mol. The van der Waals surface area contributed by atoms with Crippen LogP contribution >= 0.6 is 0 Å². The van der Waals surface area contributed by atoms with Crippen LogP contribution in [0, 0.1) is 5.92 Å². The molecule has 1 N–H and O–H groups in total. The molecule has 29 heavy (non-hydrogen) atoms. The van der Waals surface area contributed by atoms with Gasteiger partial charge in [-0.3, -0.25) is 0 Å². The number of nitrogens with one attached hydrogen (secondary N) is 1. The lowest BCUT2D eigenvalue weighted by atomic mass is 10.2. The fraction of sp³-hybridized carbons (Fsp3) is 0.280. The molecule has 0 amide bonds. The fourth-order valence-corrected chi connectivity index (χ4v) is 2.72. The summed E-state index contributed by atoms with van der Waals surface area (Å²) in [6.45, 7) is 6.78. The van der Waals surface area contributed by atoms with Gasteiger partial charge in [0.25, 0.3) is 0 Å². The molecule has 0 heterocycles. The predicted molar refractivity (Wildman–Crippen MR) is 118 cm³/mol. The van der Waals surface area contributed by atoms with E-state index in [0.29, 0.717) is 19.1 Å². The molecule has 3 rings (SSSR count). The first-order chi connectivity index (χ1) is 14.2. The molecular formula is C25H29NO3. The molecule has 0 aliphatic heterocycles. The number of hydrogen-bond donors (Lipinski definition) is 1. The molecular weight excluding hydrogens is 362 g/mol. The van der Waals surface area contributed by atoms with Gasteiger partial charge in [0.2, 0.25) is 0 Å². The molecule has 0 aliphatic carbocycles. The Morgan fingerprint density at radius 2 is 1.34 bits per heavy atom. The van der Waals surface area contributed by atoms with Crippen molar-refractivity contribution in [3.63, 3.8) is 0 Å². The van der Waals surface area contributed by atoms with E-state index in [1.165, 1.54) is 5.56 Å². The van der Waals surface area contributed by atoms with Crippen LogP contribution in [-0.4, -0.2) is 19.8 Å². The van der Waals surface area contributed by atoms with Crippen molar-refractivity contribution in [2.75, 3.05) is 25.1 Å². The van der Waals surface area contributed by atoms with E-state index in [0.717, 1.165) is 36.1 Å². The number of anilines is 1. The smallest absolute Gasteiger partial charge is 0.122 e. The van der Waals surface area contributed by atoms with Gasteiger partial charge in [0.05, 0.1) is 6.61 Å². The van der Waals surface area contributed by atoms with Gasteiger partial charge in [-0.25, -0.2) is 0 Å². The van der Waals surface area contributed by atoms with E-state index in [4.69, 9.17) is 14.2 Å². The van der Waals surface area contributed by atoms with Crippen molar-refractivity contribution in [1.82, 2.24) is 0 Å². The zero-order valence-electron chi connectivity index (χ0n) is 17.1. The summed E-state index contributed by atoms with van der Waals surface area (Å²) < 4.78 is 17.2. The van der Waals surface area contributed by atoms with Crippen LogP contribution in [0.15, 0.2) is 78.9 Å². The molecule has 3 aromatic rings. The Hall–Kier alpha value is -3.14. The maximum atomic E-state index is 5.80. The molecule has 0 saturated heterocycles. The second kappa shape index (κ2) is 11.0. The molecule has 152 valence electrons. The molecule has 0 unspecified atom stereocenters. The van der Waals surface area contributed by atoms with Crippen molar-refractivity contribution in [1.29, 1.82) is 0 Å². The largest absolute Gasteiger partial charge is 0.493 e. The van der Waals surface area contributed by atoms with Gasteiger partial charge in [-0.15, -0.1) is 0 Å². The van der Waals surface area contributed by atoms with Gasteiger partial charge in [-0.1, -0.05) is 44.2 Å². The molecule has 0 spiro atoms. The Morgan fingerprint density at radius 3 is 2.03 bits per heavy atom. The lowest BCUT2D eigenvalue weighted by Gasteiger charge is -2.12. The molecule has 0 aliphatic rings. The zero-order chi connectivity index (χ0) is 20.3. The third-order valence-corrected chi connectivity index (χ3v) is 4.20. The van der Waals surface area contributed by atoms with Crippen molar-refractivity contribution in [2.24, 2.45) is 5.92 Å². The molecule has 0 atom stereocenters. The number of para-hydroxylation sites is 1. The van der Waals surface area contributed by atoms with Crippen LogP contribution in [0.25, 0.3) is 0 Å². The molecule has 0 fully saturated rings. The summed E-state index contributed by atoms with van der Waals surface area (Å²) in [7, 11) is 0. The molecule has 0 bridgehead atoms. The lowest BCUT2D eigenvalue weighted by molar-refractivity contribution is 0.217. The van der Waals surface area contributed by atoms with Crippen LogP contribution in [0.3, 0.4) is 0 Å². The summed E-state index contributed by atoms with van der Waals surface area (Å²) in [6.07, 6.45) is 0. The summed E-state index contributed by atoms with van der Waals surface area (Å²) in [6, 6.07) is 25.9. The van der Waals surface area contributed by atoms with Crippen LogP contribution in [0.2, 0.25) is 0 Å². The van der Waals surface area contributed by atoms with E-state index in [1.54, 1.807) is 0 Å². The topological polar surface area (TPSA) is 39.7 Å². The van der Waals surface area contributed by atoms with E-state index in [-0.39, 0.29) is 0 Å². The molecule has 4 heteroatoms. The molecule has 0 saturated carbocycles. The highest BCUT2D eigenvalue weighted by atomic mass is 16.5. The van der Waals surface area contributed by atoms with Crippen LogP contribution < -0.4 is 19.5 Å². The minimum absolute atomic E-state index is 0.505. The number of benzene rings is 3. The van der Waals surface area contributed by atoms with Crippen molar-refractivity contribution >= 4 is 5.69 Å². The molecule has 0 radical (unpaired) electrons. The van der Waals surface area contributed by atoms with E-state index >= 15 is 0 Å². The van der Waals surface area contributed by atoms with Gasteiger partial charge in [0, 0.05) is 12.2 Å². The second-order valence-corrected chi connectivity index (χ2v) is 7.24. The van der Waals surface area contributed by atoms with E-state index in [1.807, 2.05) is 66.7 Å². The number of hydrogen-bond acceptors (Lipinski definition) is 4. The van der Waals surface area contributed by atoms with Gasteiger partial charge in [0.15, 0.2) is 0 Å². The zero-order valence-corrected chi connectivity index (χ0v) is 17.1. The normalized spacial score (nSPS) is 10.6. The first kappa shape index (κ1) is 20.6. The summed E-state index contributed by atoms with van der Waals surface area (Å²) >= 11 is 0. The van der Waals surface area contributed by atoms with Crippen molar-refractivity contribution in [3.05, 3.63) is 84.4 Å². The molecule has 3 aromatic carbocycles. The third kappa shape index (κ3) is 7.41. The maximum absolute atomic E-state index is 5.80. The lowest BCUT2D eigenvalue weighted by Crippen LogP contribution is -2.09. The van der Waals surface area contributed by atoms with Crippen molar-refractivity contribution < 1.29 is 14.2 Å². The van der Waals surface area contributed by atoms with Gasteiger partial charge in [0.1, 0.15) is 30.5 Å². The predicted octanol–water partition coefficient (Wildman–Crippen LogP) is 5.79. The average Bonchev–Trinajstić information content (AvgIpc) is 2.76. The van der Waals surface area contributed by atoms with Gasteiger partial charge < -0.3 is 19.5 Å². The second-order valence-electron chi connectivity index (χ2n) is 7.24. The number of rotatable bonds is 11. The Balaban J connectivity index is 1.40. The highest BCUT2D eigenvalue weighted by Crippen LogP contribution is 2.19. The van der Waals surface area contributed by atoms with E-state index in [9.17, 15) is 0 Å². The number of ether oxygens (including phenoxy) is 3.